The molecule has 1 rings (SSSR count). The fourth-order valence-corrected chi connectivity index (χ4v) is 2.25. The second-order valence-electron chi connectivity index (χ2n) is 5.29. The molecule has 0 aliphatic carbocycles. The van der Waals surface area contributed by atoms with Crippen molar-refractivity contribution >= 4 is 11.9 Å². The molecule has 2 N–H and O–H groups in total. The lowest BCUT2D eigenvalue weighted by molar-refractivity contribution is -0.137. The van der Waals surface area contributed by atoms with Crippen LogP contribution in [0.25, 0.3) is 0 Å². The summed E-state index contributed by atoms with van der Waals surface area (Å²) in [5.41, 5.74) is 0. The van der Waals surface area contributed by atoms with Crippen molar-refractivity contribution in [3.05, 3.63) is 0 Å². The second kappa shape index (κ2) is 7.36. The molecule has 104 valence electrons. The molecular weight excluding hydrogens is 232 g/mol. The molecule has 5 heteroatoms. The van der Waals surface area contributed by atoms with Gasteiger partial charge in [0.2, 0.25) is 5.91 Å². The molecule has 1 aliphatic heterocycles. The Morgan fingerprint density at radius 3 is 2.72 bits per heavy atom. The summed E-state index contributed by atoms with van der Waals surface area (Å²) in [5, 5.41) is 11.9. The van der Waals surface area contributed by atoms with Crippen molar-refractivity contribution in [2.75, 3.05) is 19.6 Å². The van der Waals surface area contributed by atoms with Gasteiger partial charge in [0.15, 0.2) is 0 Å². The van der Waals surface area contributed by atoms with E-state index in [1.807, 2.05) is 4.90 Å². The van der Waals surface area contributed by atoms with E-state index < -0.39 is 5.97 Å². The Kier molecular flexibility index (Phi) is 6.12. The highest BCUT2D eigenvalue weighted by Crippen LogP contribution is 2.21. The Morgan fingerprint density at radius 1 is 1.39 bits per heavy atom. The summed E-state index contributed by atoms with van der Waals surface area (Å²) in [5.74, 6) is -0.204. The van der Waals surface area contributed by atoms with Crippen molar-refractivity contribution < 1.29 is 14.7 Å². The third-order valence-corrected chi connectivity index (χ3v) is 3.30. The second-order valence-corrected chi connectivity index (χ2v) is 5.29. The Balaban J connectivity index is 2.20. The van der Waals surface area contributed by atoms with Crippen molar-refractivity contribution in [1.29, 1.82) is 0 Å². The lowest BCUT2D eigenvalue weighted by Crippen LogP contribution is -2.33. The van der Waals surface area contributed by atoms with E-state index in [1.54, 1.807) is 0 Å². The SMILES string of the molecule is CC(C)NCCC(=O)N1CCC(CCC(=O)O)C1. The molecule has 1 atom stereocenters. The molecule has 1 saturated heterocycles. The Hall–Kier alpha value is -1.10. The third kappa shape index (κ3) is 5.49. The topological polar surface area (TPSA) is 69.6 Å². The molecule has 0 aromatic carbocycles. The van der Waals surface area contributed by atoms with Crippen LogP contribution in [0.2, 0.25) is 0 Å². The summed E-state index contributed by atoms with van der Waals surface area (Å²) in [6.07, 6.45) is 2.37. The number of aliphatic carboxylic acids is 1. The molecule has 1 aliphatic rings. The molecule has 1 unspecified atom stereocenters. The third-order valence-electron chi connectivity index (χ3n) is 3.30. The molecule has 0 aromatic heterocycles. The monoisotopic (exact) mass is 256 g/mol. The van der Waals surface area contributed by atoms with Crippen molar-refractivity contribution in [3.8, 4) is 0 Å². The first-order valence-corrected chi connectivity index (χ1v) is 6.72. The lowest BCUT2D eigenvalue weighted by Gasteiger charge is -2.17. The van der Waals surface area contributed by atoms with Gasteiger partial charge in [0, 0.05) is 38.5 Å². The normalized spacial score (nSPS) is 19.5. The van der Waals surface area contributed by atoms with E-state index in [0.29, 0.717) is 31.3 Å². The molecular formula is C13H24N2O3. The smallest absolute Gasteiger partial charge is 0.303 e. The quantitative estimate of drug-likeness (QED) is 0.715. The number of amides is 1. The van der Waals surface area contributed by atoms with Crippen LogP contribution in [0.4, 0.5) is 0 Å². The molecule has 1 fully saturated rings. The zero-order chi connectivity index (χ0) is 13.5. The number of nitrogens with zero attached hydrogens (tertiary/aromatic N) is 1. The number of rotatable bonds is 7. The van der Waals surface area contributed by atoms with E-state index in [1.165, 1.54) is 0 Å². The van der Waals surface area contributed by atoms with E-state index in [-0.39, 0.29) is 12.3 Å². The van der Waals surface area contributed by atoms with E-state index in [9.17, 15) is 9.59 Å². The van der Waals surface area contributed by atoms with Crippen LogP contribution in [0.15, 0.2) is 0 Å². The predicted octanol–water partition coefficient (Wildman–Crippen LogP) is 1.09. The van der Waals surface area contributed by atoms with Crippen LogP contribution in [-0.4, -0.2) is 47.6 Å². The van der Waals surface area contributed by atoms with Gasteiger partial charge in [0.05, 0.1) is 0 Å². The zero-order valence-electron chi connectivity index (χ0n) is 11.3. The van der Waals surface area contributed by atoms with Crippen molar-refractivity contribution in [3.63, 3.8) is 0 Å². The van der Waals surface area contributed by atoms with Gasteiger partial charge in [-0.3, -0.25) is 9.59 Å². The van der Waals surface area contributed by atoms with Crippen molar-refractivity contribution in [1.82, 2.24) is 10.2 Å². The maximum absolute atomic E-state index is 11.9. The van der Waals surface area contributed by atoms with Crippen molar-refractivity contribution in [2.45, 2.75) is 45.6 Å². The zero-order valence-corrected chi connectivity index (χ0v) is 11.3. The largest absolute Gasteiger partial charge is 0.481 e. The van der Waals surface area contributed by atoms with E-state index in [0.717, 1.165) is 19.5 Å². The van der Waals surface area contributed by atoms with Gasteiger partial charge in [0.1, 0.15) is 0 Å². The summed E-state index contributed by atoms with van der Waals surface area (Å²) in [4.78, 5) is 24.2. The summed E-state index contributed by atoms with van der Waals surface area (Å²) in [6, 6.07) is 0.402. The van der Waals surface area contributed by atoms with E-state index in [2.05, 4.69) is 19.2 Å². The fourth-order valence-electron chi connectivity index (χ4n) is 2.25. The summed E-state index contributed by atoms with van der Waals surface area (Å²) in [7, 11) is 0. The first-order chi connectivity index (χ1) is 8.49. The Labute approximate surface area is 109 Å². The highest BCUT2D eigenvalue weighted by Gasteiger charge is 2.25. The minimum absolute atomic E-state index is 0.181. The number of likely N-dealkylation sites (tertiary alicyclic amines) is 1. The number of carbonyl (C=O) groups excluding carboxylic acids is 1. The Bertz CT molecular complexity index is 292. The van der Waals surface area contributed by atoms with E-state index in [4.69, 9.17) is 5.11 Å². The van der Waals surface area contributed by atoms with Crippen LogP contribution in [0.5, 0.6) is 0 Å². The number of nitrogens with one attached hydrogen (secondary N) is 1. The van der Waals surface area contributed by atoms with Crippen molar-refractivity contribution in [2.24, 2.45) is 5.92 Å². The summed E-state index contributed by atoms with van der Waals surface area (Å²) >= 11 is 0. The van der Waals surface area contributed by atoms with Crippen LogP contribution in [0, 0.1) is 5.92 Å². The molecule has 0 radical (unpaired) electrons. The summed E-state index contributed by atoms with van der Waals surface area (Å²) < 4.78 is 0. The number of hydrogen-bond acceptors (Lipinski definition) is 3. The standard InChI is InChI=1S/C13H24N2O3/c1-10(2)14-7-5-12(16)15-8-6-11(9-15)3-4-13(17)18/h10-11,14H,3-9H2,1-2H3,(H,17,18). The van der Waals surface area contributed by atoms with Crippen LogP contribution < -0.4 is 5.32 Å². The fraction of sp³-hybridized carbons (Fsp3) is 0.846. The first-order valence-electron chi connectivity index (χ1n) is 6.72. The summed E-state index contributed by atoms with van der Waals surface area (Å²) in [6.45, 7) is 6.34. The number of carbonyl (C=O) groups is 2. The molecule has 0 bridgehead atoms. The van der Waals surface area contributed by atoms with E-state index >= 15 is 0 Å². The highest BCUT2D eigenvalue weighted by molar-refractivity contribution is 5.76. The lowest BCUT2D eigenvalue weighted by atomic mass is 10.0. The molecule has 5 nitrogen and oxygen atoms in total. The van der Waals surface area contributed by atoms with Crippen LogP contribution >= 0.6 is 0 Å². The number of hydrogen-bond donors (Lipinski definition) is 2. The van der Waals surface area contributed by atoms with Gasteiger partial charge in [-0.2, -0.15) is 0 Å². The van der Waals surface area contributed by atoms with Gasteiger partial charge in [0.25, 0.3) is 0 Å². The Morgan fingerprint density at radius 2 is 2.11 bits per heavy atom. The minimum atomic E-state index is -0.749. The minimum Gasteiger partial charge on any atom is -0.481 e. The van der Waals surface area contributed by atoms with Gasteiger partial charge >= 0.3 is 5.97 Å². The predicted molar refractivity (Wildman–Crippen MR) is 69.3 cm³/mol. The van der Waals surface area contributed by atoms with Gasteiger partial charge < -0.3 is 15.3 Å². The van der Waals surface area contributed by atoms with Crippen LogP contribution in [0.3, 0.4) is 0 Å². The van der Waals surface area contributed by atoms with Gasteiger partial charge in [-0.15, -0.1) is 0 Å². The average Bonchev–Trinajstić information content (AvgIpc) is 2.74. The molecule has 0 spiro atoms. The van der Waals surface area contributed by atoms with Gasteiger partial charge in [-0.25, -0.2) is 0 Å². The molecule has 1 heterocycles. The molecule has 0 saturated carbocycles. The van der Waals surface area contributed by atoms with Crippen LogP contribution in [-0.2, 0) is 9.59 Å². The van der Waals surface area contributed by atoms with Gasteiger partial charge in [-0.1, -0.05) is 13.8 Å². The maximum Gasteiger partial charge on any atom is 0.303 e. The number of carboxylic acids is 1. The molecule has 1 amide bonds. The number of carboxylic acid groups (broad SMARTS) is 1. The van der Waals surface area contributed by atoms with Gasteiger partial charge in [-0.05, 0) is 18.8 Å². The molecule has 18 heavy (non-hydrogen) atoms. The average molecular weight is 256 g/mol. The first kappa shape index (κ1) is 15.0. The maximum atomic E-state index is 11.9. The highest BCUT2D eigenvalue weighted by atomic mass is 16.4. The van der Waals surface area contributed by atoms with Crippen LogP contribution in [0.1, 0.15) is 39.5 Å². The molecule has 0 aromatic rings.